The standard InChI is InChI=1S/C23H26N4O3S/c1-17-22(18(2)25(3)24-17)10-11-23(28)26-12-14-27(15-13-26)31(29,30)21-9-8-19-6-4-5-7-20(19)16-21/h4-11,16H,12-15H2,1-3H3/b11-10+. The van der Waals surface area contributed by atoms with Crippen LogP contribution >= 0.6 is 0 Å². The minimum Gasteiger partial charge on any atom is -0.337 e. The predicted molar refractivity (Wildman–Crippen MR) is 121 cm³/mol. The first-order valence-electron chi connectivity index (χ1n) is 10.2. The number of hydrogen-bond donors (Lipinski definition) is 0. The van der Waals surface area contributed by atoms with Gasteiger partial charge in [0.1, 0.15) is 0 Å². The van der Waals surface area contributed by atoms with Gasteiger partial charge in [0, 0.05) is 50.6 Å². The van der Waals surface area contributed by atoms with Crippen molar-refractivity contribution in [3.05, 3.63) is 65.5 Å². The van der Waals surface area contributed by atoms with Crippen LogP contribution in [0.4, 0.5) is 0 Å². The van der Waals surface area contributed by atoms with E-state index >= 15 is 0 Å². The van der Waals surface area contributed by atoms with Crippen molar-refractivity contribution in [1.82, 2.24) is 19.0 Å². The molecule has 1 amide bonds. The molecule has 8 heteroatoms. The number of carbonyl (C=O) groups excluding carboxylic acids is 1. The SMILES string of the molecule is Cc1nn(C)c(C)c1/C=C/C(=O)N1CCN(S(=O)(=O)c2ccc3ccccc3c2)CC1. The second-order valence-corrected chi connectivity index (χ2v) is 9.72. The Morgan fingerprint density at radius 2 is 1.68 bits per heavy atom. The predicted octanol–water partition coefficient (Wildman–Crippen LogP) is 2.74. The van der Waals surface area contributed by atoms with E-state index < -0.39 is 10.0 Å². The normalized spacial score (nSPS) is 15.8. The highest BCUT2D eigenvalue weighted by atomic mass is 32.2. The Morgan fingerprint density at radius 1 is 1.00 bits per heavy atom. The smallest absolute Gasteiger partial charge is 0.246 e. The van der Waals surface area contributed by atoms with Gasteiger partial charge in [0.15, 0.2) is 0 Å². The first-order chi connectivity index (χ1) is 14.8. The molecule has 2 aromatic carbocycles. The van der Waals surface area contributed by atoms with E-state index in [4.69, 9.17) is 0 Å². The van der Waals surface area contributed by atoms with Crippen LogP contribution in [0.25, 0.3) is 16.8 Å². The maximum absolute atomic E-state index is 13.1. The van der Waals surface area contributed by atoms with E-state index in [1.807, 2.05) is 51.2 Å². The van der Waals surface area contributed by atoms with Crippen LogP contribution < -0.4 is 0 Å². The van der Waals surface area contributed by atoms with Crippen molar-refractivity contribution in [3.8, 4) is 0 Å². The Balaban J connectivity index is 1.43. The molecule has 1 aliphatic heterocycles. The molecule has 3 aromatic rings. The van der Waals surface area contributed by atoms with Crippen LogP contribution in [0.5, 0.6) is 0 Å². The average Bonchev–Trinajstić information content (AvgIpc) is 3.02. The number of rotatable bonds is 4. The summed E-state index contributed by atoms with van der Waals surface area (Å²) < 4.78 is 29.4. The third-order valence-electron chi connectivity index (χ3n) is 5.87. The highest BCUT2D eigenvalue weighted by Gasteiger charge is 2.29. The molecule has 0 spiro atoms. The van der Waals surface area contributed by atoms with Crippen molar-refractivity contribution in [3.63, 3.8) is 0 Å². The Hall–Kier alpha value is -2.97. The molecule has 1 aliphatic rings. The number of amides is 1. The van der Waals surface area contributed by atoms with Gasteiger partial charge in [-0.15, -0.1) is 0 Å². The first-order valence-corrected chi connectivity index (χ1v) is 11.7. The molecule has 0 saturated carbocycles. The molecule has 1 fully saturated rings. The summed E-state index contributed by atoms with van der Waals surface area (Å²) in [4.78, 5) is 14.6. The summed E-state index contributed by atoms with van der Waals surface area (Å²) in [5.74, 6) is -0.120. The molecule has 0 bridgehead atoms. The second-order valence-electron chi connectivity index (χ2n) is 7.78. The number of aromatic nitrogens is 2. The van der Waals surface area contributed by atoms with E-state index in [0.717, 1.165) is 27.7 Å². The second kappa shape index (κ2) is 8.28. The maximum Gasteiger partial charge on any atom is 0.246 e. The minimum atomic E-state index is -3.60. The van der Waals surface area contributed by atoms with Gasteiger partial charge in [-0.05, 0) is 42.8 Å². The van der Waals surface area contributed by atoms with Crippen LogP contribution in [0, 0.1) is 13.8 Å². The molecule has 0 radical (unpaired) electrons. The number of carbonyl (C=O) groups is 1. The maximum atomic E-state index is 13.1. The molecule has 4 rings (SSSR count). The Labute approximate surface area is 182 Å². The number of aryl methyl sites for hydroxylation is 2. The molecule has 2 heterocycles. The summed E-state index contributed by atoms with van der Waals surface area (Å²) in [7, 11) is -1.73. The number of nitrogens with zero attached hydrogens (tertiary/aromatic N) is 4. The summed E-state index contributed by atoms with van der Waals surface area (Å²) in [5.41, 5.74) is 2.80. The third kappa shape index (κ3) is 4.13. The third-order valence-corrected chi connectivity index (χ3v) is 7.76. The van der Waals surface area contributed by atoms with Gasteiger partial charge in [0.2, 0.25) is 15.9 Å². The van der Waals surface area contributed by atoms with E-state index in [0.29, 0.717) is 13.1 Å². The molecule has 1 aromatic heterocycles. The molecular formula is C23H26N4O3S. The summed E-state index contributed by atoms with van der Waals surface area (Å²) in [6, 6.07) is 12.9. The number of sulfonamides is 1. The van der Waals surface area contributed by atoms with E-state index in [1.165, 1.54) is 4.31 Å². The van der Waals surface area contributed by atoms with Crippen LogP contribution in [0.3, 0.4) is 0 Å². The van der Waals surface area contributed by atoms with Gasteiger partial charge >= 0.3 is 0 Å². The average molecular weight is 439 g/mol. The van der Waals surface area contributed by atoms with E-state index in [9.17, 15) is 13.2 Å². The molecule has 1 saturated heterocycles. The molecule has 7 nitrogen and oxygen atoms in total. The lowest BCUT2D eigenvalue weighted by Gasteiger charge is -2.33. The number of piperazine rings is 1. The monoisotopic (exact) mass is 438 g/mol. The van der Waals surface area contributed by atoms with Crippen LogP contribution in [0.15, 0.2) is 53.4 Å². The molecular weight excluding hydrogens is 412 g/mol. The Kier molecular flexibility index (Phi) is 5.68. The lowest BCUT2D eigenvalue weighted by molar-refractivity contribution is -0.127. The summed E-state index contributed by atoms with van der Waals surface area (Å²) in [6.45, 7) is 5.15. The summed E-state index contributed by atoms with van der Waals surface area (Å²) >= 11 is 0. The first kappa shape index (κ1) is 21.3. The van der Waals surface area contributed by atoms with Gasteiger partial charge in [0.25, 0.3) is 0 Å². The van der Waals surface area contributed by atoms with Crippen molar-refractivity contribution in [2.24, 2.45) is 7.05 Å². The molecule has 0 aliphatic carbocycles. The van der Waals surface area contributed by atoms with Gasteiger partial charge in [-0.25, -0.2) is 8.42 Å². The van der Waals surface area contributed by atoms with E-state index in [-0.39, 0.29) is 23.9 Å². The van der Waals surface area contributed by atoms with Gasteiger partial charge in [-0.3, -0.25) is 9.48 Å². The van der Waals surface area contributed by atoms with Crippen LogP contribution in [0.2, 0.25) is 0 Å². The number of hydrogen-bond acceptors (Lipinski definition) is 4. The highest BCUT2D eigenvalue weighted by Crippen LogP contribution is 2.23. The molecule has 0 atom stereocenters. The quantitative estimate of drug-likeness (QED) is 0.587. The molecule has 0 N–H and O–H groups in total. The molecule has 0 unspecified atom stereocenters. The van der Waals surface area contributed by atoms with Crippen molar-refractivity contribution in [1.29, 1.82) is 0 Å². The van der Waals surface area contributed by atoms with Crippen molar-refractivity contribution in [2.45, 2.75) is 18.7 Å². The van der Waals surface area contributed by atoms with Crippen LogP contribution in [0.1, 0.15) is 17.0 Å². The van der Waals surface area contributed by atoms with Gasteiger partial charge in [-0.2, -0.15) is 9.40 Å². The zero-order valence-electron chi connectivity index (χ0n) is 17.9. The van der Waals surface area contributed by atoms with Crippen molar-refractivity contribution < 1.29 is 13.2 Å². The van der Waals surface area contributed by atoms with E-state index in [2.05, 4.69) is 5.10 Å². The van der Waals surface area contributed by atoms with Gasteiger partial charge in [-0.1, -0.05) is 30.3 Å². The fraction of sp³-hybridized carbons (Fsp3) is 0.304. The van der Waals surface area contributed by atoms with Gasteiger partial charge < -0.3 is 4.90 Å². The van der Waals surface area contributed by atoms with Gasteiger partial charge in [0.05, 0.1) is 10.6 Å². The summed E-state index contributed by atoms with van der Waals surface area (Å²) in [6.07, 6.45) is 3.34. The Morgan fingerprint density at radius 3 is 2.32 bits per heavy atom. The Bertz CT molecular complexity index is 1270. The summed E-state index contributed by atoms with van der Waals surface area (Å²) in [5, 5.41) is 6.25. The lowest BCUT2D eigenvalue weighted by atomic mass is 10.1. The highest BCUT2D eigenvalue weighted by molar-refractivity contribution is 7.89. The number of fused-ring (bicyclic) bond motifs is 1. The molecule has 162 valence electrons. The fourth-order valence-corrected chi connectivity index (χ4v) is 5.38. The number of benzene rings is 2. The van der Waals surface area contributed by atoms with E-state index in [1.54, 1.807) is 33.9 Å². The van der Waals surface area contributed by atoms with Crippen LogP contribution in [-0.2, 0) is 21.9 Å². The fourth-order valence-electron chi connectivity index (χ4n) is 3.92. The zero-order valence-corrected chi connectivity index (χ0v) is 18.8. The van der Waals surface area contributed by atoms with Crippen LogP contribution in [-0.4, -0.2) is 59.5 Å². The van der Waals surface area contributed by atoms with Crippen molar-refractivity contribution in [2.75, 3.05) is 26.2 Å². The molecule has 31 heavy (non-hydrogen) atoms. The lowest BCUT2D eigenvalue weighted by Crippen LogP contribution is -2.50. The largest absolute Gasteiger partial charge is 0.337 e. The van der Waals surface area contributed by atoms with Crippen molar-refractivity contribution >= 4 is 32.8 Å². The zero-order chi connectivity index (χ0) is 22.2. The minimum absolute atomic E-state index is 0.120. The topological polar surface area (TPSA) is 75.5 Å².